The normalized spacial score (nSPS) is 12.8. The van der Waals surface area contributed by atoms with E-state index in [9.17, 15) is 4.79 Å². The number of hydrogen-bond acceptors (Lipinski definition) is 3. The molecule has 0 spiro atoms. The molecule has 1 aliphatic heterocycles. The zero-order valence-electron chi connectivity index (χ0n) is 14.6. The van der Waals surface area contributed by atoms with Crippen LogP contribution in [0.3, 0.4) is 0 Å². The lowest BCUT2D eigenvalue weighted by Gasteiger charge is -2.31. The van der Waals surface area contributed by atoms with E-state index in [0.29, 0.717) is 5.56 Å². The van der Waals surface area contributed by atoms with Crippen LogP contribution in [0.25, 0.3) is 11.1 Å². The van der Waals surface area contributed by atoms with Gasteiger partial charge in [-0.15, -0.1) is 0 Å². The van der Waals surface area contributed by atoms with Crippen molar-refractivity contribution in [2.75, 3.05) is 6.79 Å². The molecule has 0 saturated carbocycles. The molecule has 2 aromatic carbocycles. The van der Waals surface area contributed by atoms with Gasteiger partial charge in [0.2, 0.25) is 6.79 Å². The van der Waals surface area contributed by atoms with Gasteiger partial charge in [-0.2, -0.15) is 0 Å². The van der Waals surface area contributed by atoms with Gasteiger partial charge in [-0.3, -0.25) is 4.79 Å². The van der Waals surface area contributed by atoms with Crippen molar-refractivity contribution in [3.8, 4) is 22.6 Å². The summed E-state index contributed by atoms with van der Waals surface area (Å²) >= 11 is 0. The number of nitrogens with zero attached hydrogens (tertiary/aromatic N) is 1. The number of ether oxygens (including phenoxy) is 2. The molecule has 24 heavy (non-hydrogen) atoms. The predicted molar refractivity (Wildman–Crippen MR) is 94.4 cm³/mol. The maximum atomic E-state index is 12.9. The summed E-state index contributed by atoms with van der Waals surface area (Å²) in [6.07, 6.45) is 0. The predicted octanol–water partition coefficient (Wildman–Crippen LogP) is 4.34. The van der Waals surface area contributed by atoms with Crippen LogP contribution >= 0.6 is 0 Å². The van der Waals surface area contributed by atoms with Crippen LogP contribution in [0.1, 0.15) is 38.1 Å². The Morgan fingerprint density at radius 2 is 1.58 bits per heavy atom. The minimum atomic E-state index is 0.0580. The summed E-state index contributed by atoms with van der Waals surface area (Å²) in [5, 5.41) is 0. The SMILES string of the molecule is CC(C)N(C(=O)c1cccc(-c2ccc3c(c2)OCO3)c1)C(C)C. The lowest BCUT2D eigenvalue weighted by molar-refractivity contribution is 0.0644. The number of fused-ring (bicyclic) bond motifs is 1. The third-order valence-electron chi connectivity index (χ3n) is 4.16. The third-order valence-corrected chi connectivity index (χ3v) is 4.16. The van der Waals surface area contributed by atoms with E-state index in [0.717, 1.165) is 22.6 Å². The standard InChI is InChI=1S/C20H23NO3/c1-13(2)21(14(3)4)20(22)17-7-5-6-15(10-17)16-8-9-18-19(11-16)24-12-23-18/h5-11,13-14H,12H2,1-4H3. The number of hydrogen-bond donors (Lipinski definition) is 0. The van der Waals surface area contributed by atoms with Gasteiger partial charge in [0.15, 0.2) is 11.5 Å². The maximum absolute atomic E-state index is 12.9. The lowest BCUT2D eigenvalue weighted by atomic mass is 10.0. The summed E-state index contributed by atoms with van der Waals surface area (Å²) in [4.78, 5) is 14.8. The first-order valence-corrected chi connectivity index (χ1v) is 8.30. The minimum Gasteiger partial charge on any atom is -0.454 e. The van der Waals surface area contributed by atoms with Gasteiger partial charge in [0, 0.05) is 17.6 Å². The molecule has 1 amide bonds. The Morgan fingerprint density at radius 3 is 2.29 bits per heavy atom. The van der Waals surface area contributed by atoms with Crippen LogP contribution in [0.5, 0.6) is 11.5 Å². The van der Waals surface area contributed by atoms with Crippen molar-refractivity contribution < 1.29 is 14.3 Å². The van der Waals surface area contributed by atoms with Gasteiger partial charge in [0.05, 0.1) is 0 Å². The third kappa shape index (κ3) is 3.09. The molecule has 0 atom stereocenters. The smallest absolute Gasteiger partial charge is 0.254 e. The fourth-order valence-corrected chi connectivity index (χ4v) is 3.12. The monoisotopic (exact) mass is 325 g/mol. The van der Waals surface area contributed by atoms with Crippen LogP contribution < -0.4 is 9.47 Å². The lowest BCUT2D eigenvalue weighted by Crippen LogP contribution is -2.42. The van der Waals surface area contributed by atoms with Crippen molar-refractivity contribution in [2.45, 2.75) is 39.8 Å². The highest BCUT2D eigenvalue weighted by atomic mass is 16.7. The molecule has 2 aromatic rings. The van der Waals surface area contributed by atoms with E-state index in [-0.39, 0.29) is 24.8 Å². The molecule has 1 aliphatic rings. The topological polar surface area (TPSA) is 38.8 Å². The Kier molecular flexibility index (Phi) is 4.47. The van der Waals surface area contributed by atoms with Crippen molar-refractivity contribution in [2.24, 2.45) is 0 Å². The number of amides is 1. The van der Waals surface area contributed by atoms with E-state index >= 15 is 0 Å². The second kappa shape index (κ2) is 6.56. The second-order valence-electron chi connectivity index (χ2n) is 6.55. The fraction of sp³-hybridized carbons (Fsp3) is 0.350. The first kappa shape index (κ1) is 16.4. The Labute approximate surface area is 143 Å². The summed E-state index contributed by atoms with van der Waals surface area (Å²) in [6.45, 7) is 8.42. The highest BCUT2D eigenvalue weighted by Crippen LogP contribution is 2.36. The van der Waals surface area contributed by atoms with Crippen molar-refractivity contribution >= 4 is 5.91 Å². The molecule has 126 valence electrons. The zero-order valence-corrected chi connectivity index (χ0v) is 14.6. The highest BCUT2D eigenvalue weighted by molar-refractivity contribution is 5.96. The first-order valence-electron chi connectivity index (χ1n) is 8.30. The van der Waals surface area contributed by atoms with E-state index in [2.05, 4.69) is 0 Å². The summed E-state index contributed by atoms with van der Waals surface area (Å²) in [5.41, 5.74) is 2.70. The largest absolute Gasteiger partial charge is 0.454 e. The fourth-order valence-electron chi connectivity index (χ4n) is 3.12. The molecule has 0 fully saturated rings. The van der Waals surface area contributed by atoms with Crippen LogP contribution in [0, 0.1) is 0 Å². The van der Waals surface area contributed by atoms with Crippen molar-refractivity contribution in [3.63, 3.8) is 0 Å². The number of carbonyl (C=O) groups is 1. The van der Waals surface area contributed by atoms with Crippen LogP contribution in [-0.2, 0) is 0 Å². The highest BCUT2D eigenvalue weighted by Gasteiger charge is 2.22. The molecule has 4 nitrogen and oxygen atoms in total. The van der Waals surface area contributed by atoms with E-state index in [1.807, 2.05) is 75.1 Å². The van der Waals surface area contributed by atoms with E-state index in [1.54, 1.807) is 0 Å². The van der Waals surface area contributed by atoms with Crippen LogP contribution in [-0.4, -0.2) is 29.7 Å². The summed E-state index contributed by atoms with van der Waals surface area (Å²) in [6, 6.07) is 13.9. The van der Waals surface area contributed by atoms with Gasteiger partial charge < -0.3 is 14.4 Å². The van der Waals surface area contributed by atoms with E-state index in [4.69, 9.17) is 9.47 Å². The van der Waals surface area contributed by atoms with Gasteiger partial charge >= 0.3 is 0 Å². The number of carbonyl (C=O) groups excluding carboxylic acids is 1. The molecule has 0 unspecified atom stereocenters. The Bertz CT molecular complexity index is 744. The molecule has 0 N–H and O–H groups in total. The molecule has 3 rings (SSSR count). The van der Waals surface area contributed by atoms with Crippen LogP contribution in [0.2, 0.25) is 0 Å². The molecule has 4 heteroatoms. The van der Waals surface area contributed by atoms with Gasteiger partial charge in [0.25, 0.3) is 5.91 Å². The molecule has 0 radical (unpaired) electrons. The van der Waals surface area contributed by atoms with E-state index < -0.39 is 0 Å². The van der Waals surface area contributed by atoms with Crippen LogP contribution in [0.15, 0.2) is 42.5 Å². The molecule has 0 aromatic heterocycles. The van der Waals surface area contributed by atoms with Crippen LogP contribution in [0.4, 0.5) is 0 Å². The quantitative estimate of drug-likeness (QED) is 0.839. The zero-order chi connectivity index (χ0) is 17.3. The summed E-state index contributed by atoms with van der Waals surface area (Å²) < 4.78 is 10.8. The van der Waals surface area contributed by atoms with Gasteiger partial charge in [0.1, 0.15) is 0 Å². The second-order valence-corrected chi connectivity index (χ2v) is 6.55. The van der Waals surface area contributed by atoms with Crippen molar-refractivity contribution in [1.82, 2.24) is 4.90 Å². The first-order chi connectivity index (χ1) is 11.5. The maximum Gasteiger partial charge on any atom is 0.254 e. The molecule has 0 saturated heterocycles. The van der Waals surface area contributed by atoms with E-state index in [1.165, 1.54) is 0 Å². The van der Waals surface area contributed by atoms with Gasteiger partial charge in [-0.1, -0.05) is 18.2 Å². The Morgan fingerprint density at radius 1 is 0.917 bits per heavy atom. The molecular formula is C20H23NO3. The average molecular weight is 325 g/mol. The molecular weight excluding hydrogens is 302 g/mol. The minimum absolute atomic E-state index is 0.0580. The summed E-state index contributed by atoms with van der Waals surface area (Å²) in [5.74, 6) is 1.56. The number of benzene rings is 2. The van der Waals surface area contributed by atoms with Gasteiger partial charge in [-0.25, -0.2) is 0 Å². The van der Waals surface area contributed by atoms with Gasteiger partial charge in [-0.05, 0) is 63.1 Å². The summed E-state index contributed by atoms with van der Waals surface area (Å²) in [7, 11) is 0. The van der Waals surface area contributed by atoms with Crippen molar-refractivity contribution in [3.05, 3.63) is 48.0 Å². The Hall–Kier alpha value is -2.49. The molecule has 0 bridgehead atoms. The molecule has 1 heterocycles. The van der Waals surface area contributed by atoms with Crippen molar-refractivity contribution in [1.29, 1.82) is 0 Å². The number of rotatable bonds is 4. The average Bonchev–Trinajstić information content (AvgIpc) is 3.01. The Balaban J connectivity index is 1.93. The molecule has 0 aliphatic carbocycles.